The van der Waals surface area contributed by atoms with Crippen LogP contribution in [0.1, 0.15) is 57.2 Å². The normalized spacial score (nSPS) is 15.6. The summed E-state index contributed by atoms with van der Waals surface area (Å²) in [7, 11) is -3.20. The fourth-order valence-electron chi connectivity index (χ4n) is 3.13. The fraction of sp³-hybridized carbons (Fsp3) is 0.556. The molecule has 136 valence electrons. The lowest BCUT2D eigenvalue weighted by atomic mass is 10.2. The number of unbranched alkanes of at least 4 members (excludes halogenated alkanes) is 1. The molecule has 7 heteroatoms. The smallest absolute Gasteiger partial charge is 0.245 e. The second kappa shape index (κ2) is 7.99. The number of anilines is 1. The molecule has 1 aromatic heterocycles. The van der Waals surface area contributed by atoms with Crippen molar-refractivity contribution in [3.63, 3.8) is 0 Å². The number of benzene rings is 1. The number of nitrogens with one attached hydrogen (secondary N) is 1. The lowest BCUT2D eigenvalue weighted by Crippen LogP contribution is -2.17. The van der Waals surface area contributed by atoms with Crippen molar-refractivity contribution < 1.29 is 12.9 Å². The van der Waals surface area contributed by atoms with E-state index < -0.39 is 9.84 Å². The van der Waals surface area contributed by atoms with Gasteiger partial charge in [-0.25, -0.2) is 8.42 Å². The number of rotatable bonds is 8. The highest BCUT2D eigenvalue weighted by Crippen LogP contribution is 2.30. The molecular weight excluding hydrogens is 338 g/mol. The number of nitrogens with zero attached hydrogens (tertiary/aromatic N) is 2. The molecule has 1 aromatic carbocycles. The summed E-state index contributed by atoms with van der Waals surface area (Å²) in [5.41, 5.74) is 0.832. The summed E-state index contributed by atoms with van der Waals surface area (Å²) in [5, 5.41) is 6.92. The van der Waals surface area contributed by atoms with E-state index >= 15 is 0 Å². The monoisotopic (exact) mass is 363 g/mol. The standard InChI is InChI=1S/C18H25N3O3S/c1-2-3-8-17-20-18(24-21-17)13-19-14-9-11-16(12-10-14)25(22,23)15-6-4-5-7-15/h9-12,15,19H,2-8,13H2,1H3. The van der Waals surface area contributed by atoms with Crippen LogP contribution in [-0.4, -0.2) is 23.8 Å². The van der Waals surface area contributed by atoms with Gasteiger partial charge in [-0.2, -0.15) is 4.98 Å². The van der Waals surface area contributed by atoms with E-state index in [4.69, 9.17) is 4.52 Å². The van der Waals surface area contributed by atoms with Crippen LogP contribution < -0.4 is 5.32 Å². The fourth-order valence-corrected chi connectivity index (χ4v) is 4.98. The molecule has 1 saturated carbocycles. The summed E-state index contributed by atoms with van der Waals surface area (Å²) >= 11 is 0. The highest BCUT2D eigenvalue weighted by Gasteiger charge is 2.30. The van der Waals surface area contributed by atoms with Crippen LogP contribution in [0.3, 0.4) is 0 Å². The quantitative estimate of drug-likeness (QED) is 0.769. The van der Waals surface area contributed by atoms with Crippen LogP contribution in [0.15, 0.2) is 33.7 Å². The Bertz CT molecular complexity index is 778. The van der Waals surface area contributed by atoms with Crippen molar-refractivity contribution in [2.75, 3.05) is 5.32 Å². The van der Waals surface area contributed by atoms with Crippen molar-refractivity contribution in [2.45, 2.75) is 68.6 Å². The van der Waals surface area contributed by atoms with E-state index in [2.05, 4.69) is 22.4 Å². The Morgan fingerprint density at radius 2 is 1.92 bits per heavy atom. The van der Waals surface area contributed by atoms with Gasteiger partial charge in [0, 0.05) is 12.1 Å². The molecule has 25 heavy (non-hydrogen) atoms. The lowest BCUT2D eigenvalue weighted by molar-refractivity contribution is 0.377. The molecule has 0 radical (unpaired) electrons. The largest absolute Gasteiger partial charge is 0.376 e. The van der Waals surface area contributed by atoms with Gasteiger partial charge in [0.05, 0.1) is 16.7 Å². The van der Waals surface area contributed by atoms with Gasteiger partial charge in [0.15, 0.2) is 15.7 Å². The molecule has 0 saturated heterocycles. The molecule has 0 aliphatic heterocycles. The minimum Gasteiger partial charge on any atom is -0.376 e. The van der Waals surface area contributed by atoms with Gasteiger partial charge in [-0.05, 0) is 43.5 Å². The average molecular weight is 363 g/mol. The molecule has 2 aromatic rings. The van der Waals surface area contributed by atoms with Gasteiger partial charge >= 0.3 is 0 Å². The number of hydrogen-bond donors (Lipinski definition) is 1. The zero-order valence-corrected chi connectivity index (χ0v) is 15.4. The number of sulfone groups is 1. The summed E-state index contributed by atoms with van der Waals surface area (Å²) < 4.78 is 30.3. The van der Waals surface area contributed by atoms with Gasteiger partial charge in [-0.3, -0.25) is 0 Å². The Hall–Kier alpha value is -1.89. The number of aryl methyl sites for hydroxylation is 1. The van der Waals surface area contributed by atoms with E-state index in [1.54, 1.807) is 24.3 Å². The predicted molar refractivity (Wildman–Crippen MR) is 96.1 cm³/mol. The summed E-state index contributed by atoms with van der Waals surface area (Å²) in [4.78, 5) is 4.74. The Balaban J connectivity index is 1.58. The minimum atomic E-state index is -3.20. The van der Waals surface area contributed by atoms with Gasteiger partial charge in [-0.1, -0.05) is 31.3 Å². The Kier molecular flexibility index (Phi) is 5.73. The molecule has 1 aliphatic rings. The van der Waals surface area contributed by atoms with E-state index in [1.165, 1.54) is 0 Å². The third-order valence-electron chi connectivity index (χ3n) is 4.63. The topological polar surface area (TPSA) is 85.1 Å². The van der Waals surface area contributed by atoms with Crippen molar-refractivity contribution >= 4 is 15.5 Å². The number of hydrogen-bond acceptors (Lipinski definition) is 6. The number of aromatic nitrogens is 2. The molecule has 0 atom stereocenters. The van der Waals surface area contributed by atoms with Gasteiger partial charge in [0.1, 0.15) is 0 Å². The third-order valence-corrected chi connectivity index (χ3v) is 6.91. The summed E-state index contributed by atoms with van der Waals surface area (Å²) in [6.45, 7) is 2.55. The first-order valence-electron chi connectivity index (χ1n) is 8.99. The van der Waals surface area contributed by atoms with Crippen molar-refractivity contribution in [2.24, 2.45) is 0 Å². The van der Waals surface area contributed by atoms with Crippen molar-refractivity contribution in [1.29, 1.82) is 0 Å². The maximum atomic E-state index is 12.6. The van der Waals surface area contributed by atoms with Crippen molar-refractivity contribution in [3.8, 4) is 0 Å². The first kappa shape index (κ1) is 17.9. The second-order valence-electron chi connectivity index (χ2n) is 6.54. The third kappa shape index (κ3) is 4.39. The average Bonchev–Trinajstić information content (AvgIpc) is 3.30. The molecular formula is C18H25N3O3S. The van der Waals surface area contributed by atoms with Gasteiger partial charge in [-0.15, -0.1) is 0 Å². The van der Waals surface area contributed by atoms with Crippen LogP contribution in [0.25, 0.3) is 0 Å². The zero-order chi connectivity index (χ0) is 17.7. The second-order valence-corrected chi connectivity index (χ2v) is 8.77. The summed E-state index contributed by atoms with van der Waals surface area (Å²) in [5.74, 6) is 1.27. The Morgan fingerprint density at radius 1 is 1.20 bits per heavy atom. The van der Waals surface area contributed by atoms with E-state index in [1.807, 2.05) is 0 Å². The van der Waals surface area contributed by atoms with E-state index in [0.29, 0.717) is 17.3 Å². The molecule has 0 unspecified atom stereocenters. The zero-order valence-electron chi connectivity index (χ0n) is 14.6. The highest BCUT2D eigenvalue weighted by atomic mass is 32.2. The SMILES string of the molecule is CCCCc1noc(CNc2ccc(S(=O)(=O)C3CCCC3)cc2)n1. The van der Waals surface area contributed by atoms with E-state index in [-0.39, 0.29) is 5.25 Å². The predicted octanol–water partition coefficient (Wildman–Crippen LogP) is 3.74. The maximum Gasteiger partial charge on any atom is 0.245 e. The molecule has 0 bridgehead atoms. The minimum absolute atomic E-state index is 0.216. The van der Waals surface area contributed by atoms with Crippen LogP contribution >= 0.6 is 0 Å². The molecule has 3 rings (SSSR count). The Morgan fingerprint density at radius 3 is 2.60 bits per heavy atom. The van der Waals surface area contributed by atoms with Gasteiger partial charge in [0.25, 0.3) is 0 Å². The van der Waals surface area contributed by atoms with Gasteiger partial charge < -0.3 is 9.84 Å². The molecule has 1 heterocycles. The van der Waals surface area contributed by atoms with Crippen molar-refractivity contribution in [1.82, 2.24) is 10.1 Å². The van der Waals surface area contributed by atoms with Crippen LogP contribution in [0.5, 0.6) is 0 Å². The molecule has 1 aliphatic carbocycles. The molecule has 1 fully saturated rings. The lowest BCUT2D eigenvalue weighted by Gasteiger charge is -2.11. The first-order chi connectivity index (χ1) is 12.1. The molecule has 6 nitrogen and oxygen atoms in total. The van der Waals surface area contributed by atoms with E-state index in [0.717, 1.165) is 56.5 Å². The highest BCUT2D eigenvalue weighted by molar-refractivity contribution is 7.92. The summed E-state index contributed by atoms with van der Waals surface area (Å²) in [6.07, 6.45) is 6.54. The van der Waals surface area contributed by atoms with Gasteiger partial charge in [0.2, 0.25) is 5.89 Å². The first-order valence-corrected chi connectivity index (χ1v) is 10.5. The maximum absolute atomic E-state index is 12.6. The van der Waals surface area contributed by atoms with Crippen LogP contribution in [-0.2, 0) is 22.8 Å². The molecule has 1 N–H and O–H groups in total. The van der Waals surface area contributed by atoms with E-state index in [9.17, 15) is 8.42 Å². The molecule has 0 spiro atoms. The molecule has 0 amide bonds. The van der Waals surface area contributed by atoms with Crippen molar-refractivity contribution in [3.05, 3.63) is 36.0 Å². The van der Waals surface area contributed by atoms with Crippen LogP contribution in [0, 0.1) is 0 Å². The summed E-state index contributed by atoms with van der Waals surface area (Å²) in [6, 6.07) is 6.93. The van der Waals surface area contributed by atoms with Crippen LogP contribution in [0.4, 0.5) is 5.69 Å². The van der Waals surface area contributed by atoms with Crippen LogP contribution in [0.2, 0.25) is 0 Å². The Labute approximate surface area is 148 Å².